The first kappa shape index (κ1) is 14.1. The van der Waals surface area contributed by atoms with Crippen molar-refractivity contribution in [3.63, 3.8) is 0 Å². The van der Waals surface area contributed by atoms with Crippen LogP contribution in [0.15, 0.2) is 29.1 Å². The van der Waals surface area contributed by atoms with Crippen LogP contribution in [0.2, 0.25) is 0 Å². The highest BCUT2D eigenvalue weighted by Crippen LogP contribution is 2.34. The Kier molecular flexibility index (Phi) is 3.60. The summed E-state index contributed by atoms with van der Waals surface area (Å²) in [4.78, 5) is 20.0. The summed E-state index contributed by atoms with van der Waals surface area (Å²) in [6.45, 7) is 2.09. The number of benzene rings is 1. The fourth-order valence-electron chi connectivity index (χ4n) is 2.93. The van der Waals surface area contributed by atoms with Gasteiger partial charge in [0.15, 0.2) is 0 Å². The number of fused-ring (bicyclic) bond motifs is 3. The van der Waals surface area contributed by atoms with Crippen LogP contribution in [0, 0.1) is 0 Å². The predicted molar refractivity (Wildman–Crippen MR) is 94.2 cm³/mol. The molecule has 2 aromatic heterocycles. The second-order valence-corrected chi connectivity index (χ2v) is 7.59. The standard InChI is InChI=1S/C16H16N2O2S2/c1-20-13-4-2-3-11-14(13)12-7-10(8-18-5-6-21-9-18)22-16(12)17-15(11)19/h2-4,7H,5-6,8-9H2,1H3,(H,17,19). The molecule has 1 aliphatic heterocycles. The molecule has 4 nitrogen and oxygen atoms in total. The minimum Gasteiger partial charge on any atom is -0.496 e. The molecule has 1 N–H and O–H groups in total. The van der Waals surface area contributed by atoms with Crippen LogP contribution >= 0.6 is 23.1 Å². The number of thioether (sulfide) groups is 1. The van der Waals surface area contributed by atoms with E-state index in [-0.39, 0.29) is 5.56 Å². The maximum Gasteiger partial charge on any atom is 0.257 e. The summed E-state index contributed by atoms with van der Waals surface area (Å²) >= 11 is 3.64. The lowest BCUT2D eigenvalue weighted by Gasteiger charge is -2.11. The Morgan fingerprint density at radius 3 is 3.05 bits per heavy atom. The SMILES string of the molecule is COc1cccc2c(=O)[nH]c3sc(CN4CCSC4)cc3c12. The molecule has 114 valence electrons. The van der Waals surface area contributed by atoms with E-state index in [1.165, 1.54) is 10.6 Å². The van der Waals surface area contributed by atoms with E-state index in [1.807, 2.05) is 30.0 Å². The first-order valence-corrected chi connectivity index (χ1v) is 9.15. The maximum atomic E-state index is 12.3. The highest BCUT2D eigenvalue weighted by atomic mass is 32.2. The van der Waals surface area contributed by atoms with Crippen molar-refractivity contribution in [3.8, 4) is 5.75 Å². The van der Waals surface area contributed by atoms with E-state index in [0.29, 0.717) is 5.39 Å². The molecular weight excluding hydrogens is 316 g/mol. The number of methoxy groups -OCH3 is 1. The molecule has 22 heavy (non-hydrogen) atoms. The van der Waals surface area contributed by atoms with Gasteiger partial charge in [0.25, 0.3) is 5.56 Å². The van der Waals surface area contributed by atoms with E-state index in [9.17, 15) is 4.79 Å². The number of H-pyrrole nitrogens is 1. The lowest BCUT2D eigenvalue weighted by molar-refractivity contribution is 0.352. The van der Waals surface area contributed by atoms with E-state index in [1.54, 1.807) is 18.4 Å². The van der Waals surface area contributed by atoms with Gasteiger partial charge in [0.05, 0.1) is 12.5 Å². The van der Waals surface area contributed by atoms with E-state index in [2.05, 4.69) is 16.0 Å². The van der Waals surface area contributed by atoms with E-state index < -0.39 is 0 Å². The van der Waals surface area contributed by atoms with Crippen molar-refractivity contribution in [2.75, 3.05) is 25.3 Å². The monoisotopic (exact) mass is 332 g/mol. The van der Waals surface area contributed by atoms with Gasteiger partial charge in [-0.1, -0.05) is 6.07 Å². The van der Waals surface area contributed by atoms with Crippen LogP contribution < -0.4 is 10.3 Å². The Morgan fingerprint density at radius 1 is 1.36 bits per heavy atom. The number of nitrogens with one attached hydrogen (secondary N) is 1. The molecule has 1 fully saturated rings. The van der Waals surface area contributed by atoms with Gasteiger partial charge >= 0.3 is 0 Å². The van der Waals surface area contributed by atoms with E-state index in [0.717, 1.165) is 40.3 Å². The number of aromatic amines is 1. The summed E-state index contributed by atoms with van der Waals surface area (Å²) in [5.41, 5.74) is -0.0495. The average Bonchev–Trinajstić information content (AvgIpc) is 3.16. The Hall–Kier alpha value is -1.50. The molecule has 1 aliphatic rings. The number of thiophene rings is 1. The zero-order valence-corrected chi connectivity index (χ0v) is 13.9. The summed E-state index contributed by atoms with van der Waals surface area (Å²) in [6.07, 6.45) is 0. The molecular formula is C16H16N2O2S2. The molecule has 0 atom stereocenters. The number of aromatic nitrogens is 1. The molecule has 1 saturated heterocycles. The number of nitrogens with zero attached hydrogens (tertiary/aromatic N) is 1. The van der Waals surface area contributed by atoms with Crippen LogP contribution in [0.1, 0.15) is 4.88 Å². The van der Waals surface area contributed by atoms with Gasteiger partial charge in [-0.3, -0.25) is 9.69 Å². The lowest BCUT2D eigenvalue weighted by atomic mass is 10.1. The van der Waals surface area contributed by atoms with Gasteiger partial charge in [0.1, 0.15) is 10.6 Å². The molecule has 0 unspecified atom stereocenters. The fraction of sp³-hybridized carbons (Fsp3) is 0.312. The number of ether oxygens (including phenoxy) is 1. The smallest absolute Gasteiger partial charge is 0.257 e. The van der Waals surface area contributed by atoms with Crippen molar-refractivity contribution in [2.45, 2.75) is 6.54 Å². The van der Waals surface area contributed by atoms with Gasteiger partial charge in [-0.05, 0) is 18.2 Å². The first-order valence-electron chi connectivity index (χ1n) is 7.18. The van der Waals surface area contributed by atoms with Crippen molar-refractivity contribution >= 4 is 44.1 Å². The van der Waals surface area contributed by atoms with Crippen LogP contribution in [0.4, 0.5) is 0 Å². The molecule has 6 heteroatoms. The van der Waals surface area contributed by atoms with Crippen molar-refractivity contribution in [2.24, 2.45) is 0 Å². The minimum absolute atomic E-state index is 0.0495. The number of rotatable bonds is 3. The van der Waals surface area contributed by atoms with Gasteiger partial charge in [-0.15, -0.1) is 23.1 Å². The van der Waals surface area contributed by atoms with Gasteiger partial charge in [0.2, 0.25) is 0 Å². The van der Waals surface area contributed by atoms with Gasteiger partial charge < -0.3 is 9.72 Å². The van der Waals surface area contributed by atoms with E-state index >= 15 is 0 Å². The third-order valence-electron chi connectivity index (χ3n) is 3.98. The van der Waals surface area contributed by atoms with Crippen molar-refractivity contribution in [3.05, 3.63) is 39.5 Å². The fourth-order valence-corrected chi connectivity index (χ4v) is 5.03. The Bertz CT molecular complexity index is 894. The Morgan fingerprint density at radius 2 is 2.27 bits per heavy atom. The molecule has 0 bridgehead atoms. The summed E-state index contributed by atoms with van der Waals surface area (Å²) in [5, 5.41) is 2.69. The number of pyridine rings is 1. The summed E-state index contributed by atoms with van der Waals surface area (Å²) in [6, 6.07) is 7.82. The summed E-state index contributed by atoms with van der Waals surface area (Å²) in [5.74, 6) is 3.06. The number of hydrogen-bond donors (Lipinski definition) is 1. The van der Waals surface area contributed by atoms with Gasteiger partial charge in [-0.25, -0.2) is 0 Å². The molecule has 4 rings (SSSR count). The summed E-state index contributed by atoms with van der Waals surface area (Å²) < 4.78 is 5.47. The normalized spacial score (nSPS) is 15.9. The van der Waals surface area contributed by atoms with Crippen LogP contribution in [0.25, 0.3) is 21.0 Å². The molecule has 0 radical (unpaired) electrons. The van der Waals surface area contributed by atoms with Gasteiger partial charge in [-0.2, -0.15) is 0 Å². The van der Waals surface area contributed by atoms with Crippen LogP contribution in [0.5, 0.6) is 5.75 Å². The average molecular weight is 332 g/mol. The predicted octanol–water partition coefficient (Wildman–Crippen LogP) is 3.26. The topological polar surface area (TPSA) is 45.3 Å². The van der Waals surface area contributed by atoms with Crippen molar-refractivity contribution in [1.29, 1.82) is 0 Å². The molecule has 0 aliphatic carbocycles. The molecule has 0 amide bonds. The minimum atomic E-state index is -0.0495. The molecule has 3 heterocycles. The molecule has 1 aromatic carbocycles. The Balaban J connectivity index is 1.90. The molecule has 3 aromatic rings. The summed E-state index contributed by atoms with van der Waals surface area (Å²) in [7, 11) is 1.65. The first-order chi connectivity index (χ1) is 10.8. The van der Waals surface area contributed by atoms with Gasteiger partial charge in [0, 0.05) is 40.4 Å². The highest BCUT2D eigenvalue weighted by molar-refractivity contribution is 7.99. The van der Waals surface area contributed by atoms with Crippen molar-refractivity contribution < 1.29 is 4.74 Å². The molecule has 0 spiro atoms. The molecule has 0 saturated carbocycles. The zero-order valence-electron chi connectivity index (χ0n) is 12.2. The van der Waals surface area contributed by atoms with E-state index in [4.69, 9.17) is 4.74 Å². The van der Waals surface area contributed by atoms with Crippen LogP contribution in [-0.2, 0) is 6.54 Å². The quantitative estimate of drug-likeness (QED) is 0.800. The number of hydrogen-bond acceptors (Lipinski definition) is 5. The van der Waals surface area contributed by atoms with Crippen LogP contribution in [0.3, 0.4) is 0 Å². The third kappa shape index (κ3) is 2.31. The Labute approximate surface area is 136 Å². The second-order valence-electron chi connectivity index (χ2n) is 5.38. The third-order valence-corrected chi connectivity index (χ3v) is 6.03. The second kappa shape index (κ2) is 5.61. The van der Waals surface area contributed by atoms with Crippen LogP contribution in [-0.4, -0.2) is 35.2 Å². The van der Waals surface area contributed by atoms with Crippen molar-refractivity contribution in [1.82, 2.24) is 9.88 Å². The highest BCUT2D eigenvalue weighted by Gasteiger charge is 2.16. The maximum absolute atomic E-state index is 12.3. The lowest BCUT2D eigenvalue weighted by Crippen LogP contribution is -2.17. The zero-order chi connectivity index (χ0) is 15.1. The largest absolute Gasteiger partial charge is 0.496 e.